The van der Waals surface area contributed by atoms with Gasteiger partial charge in [-0.3, -0.25) is 0 Å². The summed E-state index contributed by atoms with van der Waals surface area (Å²) in [5, 5.41) is 0. The Morgan fingerprint density at radius 3 is 0.600 bits per heavy atom. The summed E-state index contributed by atoms with van der Waals surface area (Å²) in [6.45, 7) is 0. The molecule has 0 aliphatic heterocycles. The Morgan fingerprint density at radius 1 is 0.600 bits per heavy atom. The minimum Gasteiger partial charge on any atom is -0.427 e. The van der Waals surface area contributed by atoms with Crippen LogP contribution in [0.4, 0.5) is 0 Å². The molecule has 0 aromatic carbocycles. The predicted molar refractivity (Wildman–Crippen MR) is 0 cm³/mol. The van der Waals surface area contributed by atoms with Crippen LogP contribution in [0, 0.1) is 0 Å². The van der Waals surface area contributed by atoms with E-state index >= 15 is 0 Å². The van der Waals surface area contributed by atoms with E-state index in [1.54, 1.807) is 0 Å². The van der Waals surface area contributed by atoms with Gasteiger partial charge in [0.15, 0.2) is 0 Å². The molecule has 6 nitrogen and oxygen atoms in total. The molecule has 0 N–H and O–H groups in total. The Kier molecular flexibility index (Phi) is 43.1. The largest absolute Gasteiger partial charge is 1.00 e. The van der Waals surface area contributed by atoms with Crippen molar-refractivity contribution in [3.8, 4) is 0 Å². The van der Waals surface area contributed by atoms with Crippen LogP contribution < -0.4 is 138 Å². The normalized spacial score (nSPS) is 7.20. The Bertz CT molecular complexity index is 28.5. The standard InChI is InChI=1S/2IO3.I.K/c2*2-1(3)4;;/q2*-1;2*+1. The van der Waals surface area contributed by atoms with E-state index in [0.717, 1.165) is 0 Å². The topological polar surface area (TPSA) is 138 Å². The van der Waals surface area contributed by atoms with E-state index in [4.69, 9.17) is 20.6 Å². The van der Waals surface area contributed by atoms with Crippen LogP contribution >= 0.6 is 0 Å². The molecule has 0 amide bonds. The molecule has 0 bridgehead atoms. The molecule has 0 saturated heterocycles. The third kappa shape index (κ3) is 101. The van der Waals surface area contributed by atoms with Crippen LogP contribution in [0.25, 0.3) is 0 Å². The van der Waals surface area contributed by atoms with Crippen LogP contribution in [-0.2, 0) is 0 Å². The monoisotopic (exact) mass is 516 g/mol. The molecule has 0 aromatic heterocycles. The zero-order valence-corrected chi connectivity index (χ0v) is 14.2. The van der Waals surface area contributed by atoms with Gasteiger partial charge in [0.1, 0.15) is 0 Å². The van der Waals surface area contributed by atoms with E-state index in [1.807, 2.05) is 0 Å². The van der Waals surface area contributed by atoms with E-state index in [2.05, 4.69) is 0 Å². The molecular weight excluding hydrogens is 516 g/mol. The average molecular weight is 516 g/mol. The maximum Gasteiger partial charge on any atom is 1.00 e. The second kappa shape index (κ2) is 18.4. The summed E-state index contributed by atoms with van der Waals surface area (Å²) in [6.07, 6.45) is 0. The van der Waals surface area contributed by atoms with Gasteiger partial charge in [-0.25, -0.2) is 0 Å². The van der Waals surface area contributed by atoms with Crippen LogP contribution in [0.15, 0.2) is 0 Å². The molecular formula is I3KO6. The maximum absolute atomic E-state index is 8.57. The maximum atomic E-state index is 8.57. The minimum absolute atomic E-state index is 0. The SMILES string of the molecule is [I+].[K+].[O-][I+2]([O-])[O-].[O-][I+2]([O-])[O-]. The summed E-state index contributed by atoms with van der Waals surface area (Å²) < 4.78 is 51.4. The third-order valence-electron chi connectivity index (χ3n) is 0. The summed E-state index contributed by atoms with van der Waals surface area (Å²) in [5.74, 6) is 0. The molecule has 10 heteroatoms. The van der Waals surface area contributed by atoms with Crippen molar-refractivity contribution in [1.29, 1.82) is 0 Å². The second-order valence-corrected chi connectivity index (χ2v) is 2.54. The van der Waals surface area contributed by atoms with Crippen molar-refractivity contribution in [3.63, 3.8) is 0 Å². The first-order valence-electron chi connectivity index (χ1n) is 0.926. The fourth-order valence-corrected chi connectivity index (χ4v) is 0. The van der Waals surface area contributed by atoms with Gasteiger partial charge in [-0.2, -0.15) is 0 Å². The molecule has 0 spiro atoms. The molecule has 0 rings (SSSR count). The number of hydrogen-bond donors (Lipinski definition) is 0. The summed E-state index contributed by atoms with van der Waals surface area (Å²) in [6, 6.07) is 0. The van der Waals surface area contributed by atoms with E-state index in [0.29, 0.717) is 0 Å². The number of rotatable bonds is 0. The fraction of sp³-hybridized carbons (Fsp3) is 0. The van der Waals surface area contributed by atoms with E-state index in [9.17, 15) is 0 Å². The Hall–Kier alpha value is 3.59. The molecule has 0 saturated carbocycles. The summed E-state index contributed by atoms with van der Waals surface area (Å²) in [5.41, 5.74) is 0. The van der Waals surface area contributed by atoms with E-state index < -0.39 is 42.1 Å². The smallest absolute Gasteiger partial charge is 0.427 e. The number of hydrogen-bond acceptors (Lipinski definition) is 6. The zero-order valence-electron chi connectivity index (χ0n) is 4.58. The third-order valence-corrected chi connectivity index (χ3v) is 0. The Morgan fingerprint density at radius 2 is 0.600 bits per heavy atom. The first-order chi connectivity index (χ1) is 3.46. The van der Waals surface area contributed by atoms with Crippen molar-refractivity contribution in [1.82, 2.24) is 0 Å². The van der Waals surface area contributed by atoms with Crippen molar-refractivity contribution in [2.24, 2.45) is 0 Å². The molecule has 10 heavy (non-hydrogen) atoms. The van der Waals surface area contributed by atoms with E-state index in [-0.39, 0.29) is 75.4 Å². The predicted octanol–water partition coefficient (Wildman–Crippen LogP) is -19.1. The molecule has 2 radical (unpaired) electrons. The van der Waals surface area contributed by atoms with Gasteiger partial charge < -0.3 is 20.6 Å². The van der Waals surface area contributed by atoms with Gasteiger partial charge >= 0.3 is 75.4 Å². The van der Waals surface area contributed by atoms with Crippen LogP contribution in [0.1, 0.15) is 0 Å². The van der Waals surface area contributed by atoms with Gasteiger partial charge in [0, 0.05) is 0 Å². The molecule has 58 valence electrons. The molecule has 0 fully saturated rings. The van der Waals surface area contributed by atoms with Crippen LogP contribution in [0.3, 0.4) is 0 Å². The van der Waals surface area contributed by atoms with Crippen LogP contribution in [-0.4, -0.2) is 0 Å². The van der Waals surface area contributed by atoms with Gasteiger partial charge in [0.2, 0.25) is 0 Å². The van der Waals surface area contributed by atoms with Gasteiger partial charge in [-0.15, -0.1) is 0 Å². The van der Waals surface area contributed by atoms with Gasteiger partial charge in [-0.1, -0.05) is 0 Å². The fourth-order valence-electron chi connectivity index (χ4n) is 0. The average Bonchev–Trinajstić information content (AvgIpc) is 1.25. The van der Waals surface area contributed by atoms with Gasteiger partial charge in [0.05, 0.1) is 0 Å². The minimum atomic E-state index is -4.01. The zero-order chi connectivity index (χ0) is 7.15. The molecule has 0 aliphatic rings. The van der Waals surface area contributed by atoms with E-state index in [1.165, 1.54) is 0 Å². The molecule has 0 unspecified atom stereocenters. The quantitative estimate of drug-likeness (QED) is 0.232. The number of halogens is 3. The Balaban J connectivity index is -0.0000000300. The van der Waals surface area contributed by atoms with Crippen molar-refractivity contribution < 1.29 is 138 Å². The van der Waals surface area contributed by atoms with Gasteiger partial charge in [-0.05, 0) is 0 Å². The molecule has 0 aliphatic carbocycles. The van der Waals surface area contributed by atoms with Crippen LogP contribution in [0.2, 0.25) is 0 Å². The van der Waals surface area contributed by atoms with Crippen molar-refractivity contribution in [2.45, 2.75) is 0 Å². The summed E-state index contributed by atoms with van der Waals surface area (Å²) in [4.78, 5) is 0. The van der Waals surface area contributed by atoms with Gasteiger partial charge in [0.25, 0.3) is 42.1 Å². The molecule has 0 atom stereocenters. The second-order valence-electron chi connectivity index (χ2n) is 0.378. The van der Waals surface area contributed by atoms with Crippen molar-refractivity contribution in [2.75, 3.05) is 0 Å². The Labute approximate surface area is 135 Å². The summed E-state index contributed by atoms with van der Waals surface area (Å²) >= 11 is -8.03. The van der Waals surface area contributed by atoms with Crippen molar-refractivity contribution in [3.05, 3.63) is 0 Å². The van der Waals surface area contributed by atoms with Crippen molar-refractivity contribution >= 4 is 0 Å². The molecule has 0 heterocycles. The van der Waals surface area contributed by atoms with Crippen LogP contribution in [0.5, 0.6) is 0 Å². The molecule has 0 aromatic rings. The summed E-state index contributed by atoms with van der Waals surface area (Å²) in [7, 11) is 0. The first kappa shape index (κ1) is 23.4. The first-order valence-corrected chi connectivity index (χ1v) is 6.21.